The summed E-state index contributed by atoms with van der Waals surface area (Å²) in [5.41, 5.74) is 2.16. The van der Waals surface area contributed by atoms with E-state index in [-0.39, 0.29) is 6.04 Å². The first kappa shape index (κ1) is 19.3. The Kier molecular flexibility index (Phi) is 6.18. The summed E-state index contributed by atoms with van der Waals surface area (Å²) >= 11 is 13.0. The fourth-order valence-corrected chi connectivity index (χ4v) is 4.04. The Hall–Kier alpha value is -2.04. The number of para-hydroxylation sites is 1. The van der Waals surface area contributed by atoms with Crippen molar-refractivity contribution < 1.29 is 4.74 Å². The summed E-state index contributed by atoms with van der Waals surface area (Å²) in [6.07, 6.45) is 0. The fraction of sp³-hybridized carbons (Fsp3) is 0.217. The lowest BCUT2D eigenvalue weighted by Gasteiger charge is -2.36. The number of ether oxygens (including phenoxy) is 1. The standard InChI is InChI=1S/C23H22Cl2N2O/c24-21-11-5-10-20(22(21)25)23(27-14-12-26-13-15-27)17-6-4-9-19(16-17)28-18-7-2-1-3-8-18/h1-11,16,23,26H,12-15H2. The van der Waals surface area contributed by atoms with Crippen LogP contribution in [0.3, 0.4) is 0 Å². The predicted octanol–water partition coefficient (Wildman–Crippen LogP) is 5.78. The van der Waals surface area contributed by atoms with E-state index in [0.29, 0.717) is 10.0 Å². The third-order valence-corrected chi connectivity index (χ3v) is 5.78. The lowest BCUT2D eigenvalue weighted by Crippen LogP contribution is -2.45. The van der Waals surface area contributed by atoms with E-state index in [1.54, 1.807) is 0 Å². The molecule has 3 aromatic rings. The van der Waals surface area contributed by atoms with Crippen LogP contribution in [0.4, 0.5) is 0 Å². The summed E-state index contributed by atoms with van der Waals surface area (Å²) in [6.45, 7) is 3.79. The number of halogens is 2. The van der Waals surface area contributed by atoms with Crippen LogP contribution in [0.1, 0.15) is 17.2 Å². The molecule has 1 heterocycles. The molecule has 1 saturated heterocycles. The van der Waals surface area contributed by atoms with E-state index in [0.717, 1.165) is 48.8 Å². The number of benzene rings is 3. The number of nitrogens with one attached hydrogen (secondary N) is 1. The molecule has 1 N–H and O–H groups in total. The summed E-state index contributed by atoms with van der Waals surface area (Å²) in [5, 5.41) is 4.61. The highest BCUT2D eigenvalue weighted by atomic mass is 35.5. The predicted molar refractivity (Wildman–Crippen MR) is 116 cm³/mol. The maximum Gasteiger partial charge on any atom is 0.127 e. The number of nitrogens with zero attached hydrogens (tertiary/aromatic N) is 1. The Morgan fingerprint density at radius 1 is 0.821 bits per heavy atom. The van der Waals surface area contributed by atoms with E-state index in [1.807, 2.05) is 54.6 Å². The number of rotatable bonds is 5. The highest BCUT2D eigenvalue weighted by Crippen LogP contribution is 2.38. The van der Waals surface area contributed by atoms with Crippen LogP contribution in [0.2, 0.25) is 10.0 Å². The molecule has 3 nitrogen and oxygen atoms in total. The Labute approximate surface area is 175 Å². The minimum Gasteiger partial charge on any atom is -0.457 e. The molecule has 1 atom stereocenters. The van der Waals surface area contributed by atoms with Crippen molar-refractivity contribution in [1.82, 2.24) is 10.2 Å². The van der Waals surface area contributed by atoms with Crippen molar-refractivity contribution in [2.75, 3.05) is 26.2 Å². The molecule has 144 valence electrons. The van der Waals surface area contributed by atoms with Gasteiger partial charge in [0.15, 0.2) is 0 Å². The van der Waals surface area contributed by atoms with Crippen LogP contribution >= 0.6 is 23.2 Å². The van der Waals surface area contributed by atoms with Gasteiger partial charge in [-0.2, -0.15) is 0 Å². The topological polar surface area (TPSA) is 24.5 Å². The van der Waals surface area contributed by atoms with Gasteiger partial charge in [-0.1, -0.05) is 65.7 Å². The average Bonchev–Trinajstić information content (AvgIpc) is 2.73. The van der Waals surface area contributed by atoms with Crippen LogP contribution in [0.15, 0.2) is 72.8 Å². The van der Waals surface area contributed by atoms with Gasteiger partial charge in [0.1, 0.15) is 11.5 Å². The molecule has 1 aliphatic heterocycles. The lowest BCUT2D eigenvalue weighted by molar-refractivity contribution is 0.198. The van der Waals surface area contributed by atoms with Gasteiger partial charge in [-0.3, -0.25) is 4.90 Å². The number of hydrogen-bond acceptors (Lipinski definition) is 3. The first-order chi connectivity index (χ1) is 13.7. The van der Waals surface area contributed by atoms with Crippen molar-refractivity contribution >= 4 is 23.2 Å². The Morgan fingerprint density at radius 2 is 1.54 bits per heavy atom. The third-order valence-electron chi connectivity index (χ3n) is 4.95. The number of hydrogen-bond donors (Lipinski definition) is 1. The molecule has 0 aliphatic carbocycles. The molecule has 1 aliphatic rings. The van der Waals surface area contributed by atoms with Crippen LogP contribution in [-0.4, -0.2) is 31.1 Å². The van der Waals surface area contributed by atoms with Crippen molar-refractivity contribution in [3.63, 3.8) is 0 Å². The zero-order valence-corrected chi connectivity index (χ0v) is 17.0. The molecule has 1 fully saturated rings. The molecule has 28 heavy (non-hydrogen) atoms. The molecule has 0 aromatic heterocycles. The van der Waals surface area contributed by atoms with E-state index in [9.17, 15) is 0 Å². The van der Waals surface area contributed by atoms with Crippen LogP contribution in [0.5, 0.6) is 11.5 Å². The second-order valence-corrected chi connectivity index (χ2v) is 7.60. The molecular formula is C23H22Cl2N2O. The SMILES string of the molecule is Clc1cccc(C(c2cccc(Oc3ccccc3)c2)N2CCNCC2)c1Cl. The fourth-order valence-electron chi connectivity index (χ4n) is 3.63. The van der Waals surface area contributed by atoms with Gasteiger partial charge < -0.3 is 10.1 Å². The molecule has 0 radical (unpaired) electrons. The van der Waals surface area contributed by atoms with Crippen molar-refractivity contribution in [2.24, 2.45) is 0 Å². The maximum atomic E-state index is 6.62. The van der Waals surface area contributed by atoms with Crippen LogP contribution in [0, 0.1) is 0 Å². The van der Waals surface area contributed by atoms with Crippen molar-refractivity contribution in [2.45, 2.75) is 6.04 Å². The minimum absolute atomic E-state index is 0.0209. The molecule has 3 aromatic carbocycles. The number of piperazine rings is 1. The maximum absolute atomic E-state index is 6.62. The van der Waals surface area contributed by atoms with Gasteiger partial charge >= 0.3 is 0 Å². The van der Waals surface area contributed by atoms with E-state index in [1.165, 1.54) is 0 Å². The van der Waals surface area contributed by atoms with Gasteiger partial charge in [0.2, 0.25) is 0 Å². The molecule has 4 rings (SSSR count). The zero-order chi connectivity index (χ0) is 19.3. The normalized spacial score (nSPS) is 15.9. The van der Waals surface area contributed by atoms with Crippen molar-refractivity contribution in [3.05, 3.63) is 94.0 Å². The van der Waals surface area contributed by atoms with E-state index < -0.39 is 0 Å². The average molecular weight is 413 g/mol. The highest BCUT2D eigenvalue weighted by molar-refractivity contribution is 6.42. The molecular weight excluding hydrogens is 391 g/mol. The van der Waals surface area contributed by atoms with Gasteiger partial charge in [0, 0.05) is 26.2 Å². The van der Waals surface area contributed by atoms with E-state index in [2.05, 4.69) is 28.4 Å². The minimum atomic E-state index is 0.0209. The van der Waals surface area contributed by atoms with Crippen molar-refractivity contribution in [3.8, 4) is 11.5 Å². The van der Waals surface area contributed by atoms with Gasteiger partial charge in [-0.15, -0.1) is 0 Å². The molecule has 5 heteroatoms. The van der Waals surface area contributed by atoms with Crippen LogP contribution in [-0.2, 0) is 0 Å². The Morgan fingerprint density at radius 3 is 2.32 bits per heavy atom. The second kappa shape index (κ2) is 8.97. The quantitative estimate of drug-likeness (QED) is 0.574. The summed E-state index contributed by atoms with van der Waals surface area (Å²) < 4.78 is 6.06. The molecule has 0 saturated carbocycles. The van der Waals surface area contributed by atoms with Crippen LogP contribution in [0.25, 0.3) is 0 Å². The van der Waals surface area contributed by atoms with Gasteiger partial charge in [0.25, 0.3) is 0 Å². The van der Waals surface area contributed by atoms with E-state index >= 15 is 0 Å². The molecule has 1 unspecified atom stereocenters. The van der Waals surface area contributed by atoms with Gasteiger partial charge in [-0.05, 0) is 41.5 Å². The highest BCUT2D eigenvalue weighted by Gasteiger charge is 2.26. The Balaban J connectivity index is 1.72. The van der Waals surface area contributed by atoms with Crippen LogP contribution < -0.4 is 10.1 Å². The Bertz CT molecular complexity index is 927. The summed E-state index contributed by atoms with van der Waals surface area (Å²) in [6, 6.07) is 23.9. The third kappa shape index (κ3) is 4.34. The monoisotopic (exact) mass is 412 g/mol. The largest absolute Gasteiger partial charge is 0.457 e. The van der Waals surface area contributed by atoms with E-state index in [4.69, 9.17) is 27.9 Å². The first-order valence-electron chi connectivity index (χ1n) is 9.44. The molecule has 0 amide bonds. The first-order valence-corrected chi connectivity index (χ1v) is 10.2. The summed E-state index contributed by atoms with van der Waals surface area (Å²) in [7, 11) is 0. The molecule has 0 bridgehead atoms. The van der Waals surface area contributed by atoms with Gasteiger partial charge in [-0.25, -0.2) is 0 Å². The van der Waals surface area contributed by atoms with Gasteiger partial charge in [0.05, 0.1) is 16.1 Å². The summed E-state index contributed by atoms with van der Waals surface area (Å²) in [4.78, 5) is 2.44. The smallest absolute Gasteiger partial charge is 0.127 e. The van der Waals surface area contributed by atoms with Crippen molar-refractivity contribution in [1.29, 1.82) is 0 Å². The zero-order valence-electron chi connectivity index (χ0n) is 15.4. The second-order valence-electron chi connectivity index (χ2n) is 6.82. The summed E-state index contributed by atoms with van der Waals surface area (Å²) in [5.74, 6) is 1.63. The lowest BCUT2D eigenvalue weighted by atomic mass is 9.96. The molecule has 0 spiro atoms.